The molecule has 2 amide bonds. The number of benzene rings is 2. The van der Waals surface area contributed by atoms with Gasteiger partial charge in [-0.1, -0.05) is 35.9 Å². The maximum Gasteiger partial charge on any atom is 0.293 e. The molecule has 1 aliphatic heterocycles. The number of aryl methyl sites for hydroxylation is 1. The second-order valence-corrected chi connectivity index (χ2v) is 7.15. The van der Waals surface area contributed by atoms with Crippen molar-refractivity contribution in [3.8, 4) is 11.5 Å². The Labute approximate surface area is 163 Å². The van der Waals surface area contributed by atoms with Crippen molar-refractivity contribution in [1.82, 2.24) is 4.90 Å². The first kappa shape index (κ1) is 19.0. The first-order chi connectivity index (χ1) is 13.0. The summed E-state index contributed by atoms with van der Waals surface area (Å²) in [4.78, 5) is 25.2. The third-order valence-corrected chi connectivity index (χ3v) is 5.03. The highest BCUT2D eigenvalue weighted by molar-refractivity contribution is 8.18. The molecule has 1 fully saturated rings. The summed E-state index contributed by atoms with van der Waals surface area (Å²) in [6, 6.07) is 13.6. The summed E-state index contributed by atoms with van der Waals surface area (Å²) in [5.74, 6) is 0.954. The lowest BCUT2D eigenvalue weighted by atomic mass is 10.1. The molecule has 0 unspecified atom stereocenters. The van der Waals surface area contributed by atoms with Crippen molar-refractivity contribution in [3.05, 3.63) is 64.1 Å². The maximum absolute atomic E-state index is 12.0. The predicted molar refractivity (Wildman–Crippen MR) is 107 cm³/mol. The van der Waals surface area contributed by atoms with Gasteiger partial charge in [0.05, 0.1) is 11.5 Å². The van der Waals surface area contributed by atoms with E-state index in [-0.39, 0.29) is 11.1 Å². The van der Waals surface area contributed by atoms with Crippen LogP contribution in [0.25, 0.3) is 6.08 Å². The van der Waals surface area contributed by atoms with E-state index in [1.807, 2.05) is 56.3 Å². The Morgan fingerprint density at radius 3 is 2.41 bits per heavy atom. The van der Waals surface area contributed by atoms with E-state index in [1.165, 1.54) is 12.6 Å². The van der Waals surface area contributed by atoms with Crippen molar-refractivity contribution >= 4 is 29.0 Å². The molecule has 3 rings (SSSR count). The largest absolute Gasteiger partial charge is 0.490 e. The molecule has 0 N–H and O–H groups in total. The van der Waals surface area contributed by atoms with Gasteiger partial charge in [0.25, 0.3) is 11.1 Å². The van der Waals surface area contributed by atoms with Crippen LogP contribution >= 0.6 is 11.8 Å². The molecule has 27 heavy (non-hydrogen) atoms. The highest BCUT2D eigenvalue weighted by Crippen LogP contribution is 2.34. The van der Waals surface area contributed by atoms with E-state index in [4.69, 9.17) is 9.47 Å². The van der Waals surface area contributed by atoms with Crippen molar-refractivity contribution in [2.75, 3.05) is 13.7 Å². The minimum atomic E-state index is -0.289. The number of rotatable bonds is 6. The van der Waals surface area contributed by atoms with Gasteiger partial charge >= 0.3 is 0 Å². The fourth-order valence-electron chi connectivity index (χ4n) is 2.54. The molecule has 5 nitrogen and oxygen atoms in total. The smallest absolute Gasteiger partial charge is 0.293 e. The summed E-state index contributed by atoms with van der Waals surface area (Å²) in [5, 5.41) is -0.269. The van der Waals surface area contributed by atoms with Crippen molar-refractivity contribution < 1.29 is 19.1 Å². The molecule has 0 aliphatic carbocycles. The zero-order valence-corrected chi connectivity index (χ0v) is 16.3. The molecule has 1 heterocycles. The number of imide groups is 1. The Morgan fingerprint density at radius 2 is 1.78 bits per heavy atom. The fourth-order valence-corrected chi connectivity index (χ4v) is 3.37. The van der Waals surface area contributed by atoms with Crippen molar-refractivity contribution in [2.24, 2.45) is 0 Å². The average molecular weight is 383 g/mol. The number of hydrogen-bond donors (Lipinski definition) is 0. The van der Waals surface area contributed by atoms with Crippen LogP contribution in [-0.2, 0) is 11.4 Å². The molecule has 140 valence electrons. The molecule has 0 atom stereocenters. The highest BCUT2D eigenvalue weighted by atomic mass is 32.2. The Morgan fingerprint density at radius 1 is 1.04 bits per heavy atom. The highest BCUT2D eigenvalue weighted by Gasteiger charge is 2.31. The second-order valence-electron chi connectivity index (χ2n) is 6.15. The van der Waals surface area contributed by atoms with Crippen LogP contribution in [0.1, 0.15) is 23.6 Å². The van der Waals surface area contributed by atoms with Crippen molar-refractivity contribution in [2.45, 2.75) is 20.5 Å². The lowest BCUT2D eigenvalue weighted by Gasteiger charge is -2.13. The van der Waals surface area contributed by atoms with E-state index in [0.29, 0.717) is 29.6 Å². The molecule has 2 aromatic rings. The fraction of sp³-hybridized carbons (Fsp3) is 0.238. The minimum Gasteiger partial charge on any atom is -0.490 e. The van der Waals surface area contributed by atoms with Gasteiger partial charge in [-0.05, 0) is 54.9 Å². The number of hydrogen-bond acceptors (Lipinski definition) is 5. The minimum absolute atomic E-state index is 0.269. The molecule has 6 heteroatoms. The van der Waals surface area contributed by atoms with Gasteiger partial charge < -0.3 is 9.47 Å². The quantitative estimate of drug-likeness (QED) is 0.680. The summed E-state index contributed by atoms with van der Waals surface area (Å²) < 4.78 is 11.6. The van der Waals surface area contributed by atoms with Crippen LogP contribution < -0.4 is 9.47 Å². The summed E-state index contributed by atoms with van der Waals surface area (Å²) in [6.45, 7) is 4.88. The number of amides is 2. The van der Waals surface area contributed by atoms with Crippen LogP contribution in [0.2, 0.25) is 0 Å². The predicted octanol–water partition coefficient (Wildman–Crippen LogP) is 4.64. The van der Waals surface area contributed by atoms with E-state index < -0.39 is 0 Å². The third kappa shape index (κ3) is 4.52. The molecular formula is C21H21NO4S. The standard InChI is InChI=1S/C21H21NO4S/c1-4-25-18-11-16(12-19-20(23)22(3)21(24)27-19)9-10-17(18)26-13-15-7-5-14(2)6-8-15/h5-12H,4,13H2,1-3H3. The van der Waals surface area contributed by atoms with E-state index in [9.17, 15) is 9.59 Å². The molecule has 1 aliphatic rings. The van der Waals surface area contributed by atoms with E-state index in [2.05, 4.69) is 0 Å². The zero-order valence-electron chi connectivity index (χ0n) is 15.5. The third-order valence-electron chi connectivity index (χ3n) is 4.07. The topological polar surface area (TPSA) is 55.8 Å². The summed E-state index contributed by atoms with van der Waals surface area (Å²) in [7, 11) is 1.48. The second kappa shape index (κ2) is 8.31. The summed E-state index contributed by atoms with van der Waals surface area (Å²) >= 11 is 0.935. The number of ether oxygens (including phenoxy) is 2. The maximum atomic E-state index is 12.0. The van der Waals surface area contributed by atoms with E-state index in [1.54, 1.807) is 6.08 Å². The zero-order chi connectivity index (χ0) is 19.4. The van der Waals surface area contributed by atoms with Crippen LogP contribution in [0, 0.1) is 6.92 Å². The van der Waals surface area contributed by atoms with Gasteiger partial charge in [0.1, 0.15) is 6.61 Å². The van der Waals surface area contributed by atoms with E-state index in [0.717, 1.165) is 27.8 Å². The number of carbonyl (C=O) groups excluding carboxylic acids is 2. The molecule has 0 spiro atoms. The summed E-state index contributed by atoms with van der Waals surface area (Å²) in [6.07, 6.45) is 1.70. The SMILES string of the molecule is CCOc1cc(C=C2SC(=O)N(C)C2=O)ccc1OCc1ccc(C)cc1. The van der Waals surface area contributed by atoms with Gasteiger partial charge in [0, 0.05) is 7.05 Å². The van der Waals surface area contributed by atoms with Gasteiger partial charge in [0.15, 0.2) is 11.5 Å². The number of likely N-dealkylation sites (N-methyl/N-ethyl adjacent to an activating group) is 1. The van der Waals surface area contributed by atoms with Crippen LogP contribution in [0.4, 0.5) is 4.79 Å². The van der Waals surface area contributed by atoms with Gasteiger partial charge in [-0.2, -0.15) is 0 Å². The number of thioether (sulfide) groups is 1. The van der Waals surface area contributed by atoms with Crippen LogP contribution in [0.5, 0.6) is 11.5 Å². The number of nitrogens with zero attached hydrogens (tertiary/aromatic N) is 1. The average Bonchev–Trinajstić information content (AvgIpc) is 2.89. The first-order valence-corrected chi connectivity index (χ1v) is 9.46. The summed E-state index contributed by atoms with van der Waals surface area (Å²) in [5.41, 5.74) is 3.05. The Kier molecular flexibility index (Phi) is 5.86. The molecule has 0 bridgehead atoms. The monoisotopic (exact) mass is 383 g/mol. The Hall–Kier alpha value is -2.73. The lowest BCUT2D eigenvalue weighted by Crippen LogP contribution is -2.22. The molecule has 0 radical (unpaired) electrons. The first-order valence-electron chi connectivity index (χ1n) is 8.64. The molecule has 2 aromatic carbocycles. The van der Waals surface area contributed by atoms with Gasteiger partial charge in [-0.25, -0.2) is 0 Å². The Bertz CT molecular complexity index is 890. The molecule has 0 saturated carbocycles. The normalized spacial score (nSPS) is 15.5. The molecule has 0 aromatic heterocycles. The van der Waals surface area contributed by atoms with Crippen LogP contribution in [0.3, 0.4) is 0 Å². The van der Waals surface area contributed by atoms with Crippen LogP contribution in [-0.4, -0.2) is 29.7 Å². The van der Waals surface area contributed by atoms with Crippen molar-refractivity contribution in [3.63, 3.8) is 0 Å². The van der Waals surface area contributed by atoms with Gasteiger partial charge in [0.2, 0.25) is 0 Å². The molecule has 1 saturated heterocycles. The van der Waals surface area contributed by atoms with E-state index >= 15 is 0 Å². The van der Waals surface area contributed by atoms with Gasteiger partial charge in [-0.3, -0.25) is 14.5 Å². The molecular weight excluding hydrogens is 362 g/mol. The van der Waals surface area contributed by atoms with Crippen molar-refractivity contribution in [1.29, 1.82) is 0 Å². The Balaban J connectivity index is 1.79. The van der Waals surface area contributed by atoms with Crippen LogP contribution in [0.15, 0.2) is 47.4 Å². The van der Waals surface area contributed by atoms with Gasteiger partial charge in [-0.15, -0.1) is 0 Å². The lowest BCUT2D eigenvalue weighted by molar-refractivity contribution is -0.121. The number of carbonyl (C=O) groups is 2.